The van der Waals surface area contributed by atoms with Crippen molar-refractivity contribution in [2.45, 2.75) is 41.5 Å². The number of rotatable bonds is 1. The zero-order valence-corrected chi connectivity index (χ0v) is 9.56. The van der Waals surface area contributed by atoms with Crippen LogP contribution in [0.1, 0.15) is 41.5 Å². The Morgan fingerprint density at radius 3 is 1.85 bits per heavy atom. The van der Waals surface area contributed by atoms with Crippen LogP contribution >= 0.6 is 0 Å². The quantitative estimate of drug-likeness (QED) is 0.665. The number of hydrogen-bond donors (Lipinski definition) is 1. The molecule has 0 aromatic rings. The molecule has 0 saturated heterocycles. The molecule has 1 N–H and O–H groups in total. The summed E-state index contributed by atoms with van der Waals surface area (Å²) in [5.74, 6) is 0.0491. The third-order valence-electron chi connectivity index (χ3n) is 1.48. The highest BCUT2D eigenvalue weighted by molar-refractivity contribution is 5.82. The minimum atomic E-state index is -0.317. The summed E-state index contributed by atoms with van der Waals surface area (Å²) in [7, 11) is 0. The highest BCUT2D eigenvalue weighted by Crippen LogP contribution is 2.15. The van der Waals surface area contributed by atoms with Gasteiger partial charge in [-0.15, -0.1) is 0 Å². The van der Waals surface area contributed by atoms with Crippen LogP contribution in [0.4, 0.5) is 0 Å². The van der Waals surface area contributed by atoms with E-state index in [1.807, 2.05) is 26.8 Å². The Balaban J connectivity index is 4.06. The molecule has 0 aliphatic heterocycles. The van der Waals surface area contributed by atoms with E-state index in [2.05, 4.69) is 26.1 Å². The van der Waals surface area contributed by atoms with Crippen molar-refractivity contribution in [3.63, 3.8) is 0 Å². The smallest absolute Gasteiger partial charge is 0.229 e. The van der Waals surface area contributed by atoms with Gasteiger partial charge in [-0.1, -0.05) is 47.6 Å². The van der Waals surface area contributed by atoms with Crippen molar-refractivity contribution in [3.8, 4) is 0 Å². The lowest BCUT2D eigenvalue weighted by atomic mass is 9.95. The second-order valence-corrected chi connectivity index (χ2v) is 5.42. The zero-order valence-electron chi connectivity index (χ0n) is 9.56. The van der Waals surface area contributed by atoms with Crippen molar-refractivity contribution in [1.82, 2.24) is 5.32 Å². The van der Waals surface area contributed by atoms with Crippen LogP contribution in [0.3, 0.4) is 0 Å². The molecule has 0 unspecified atom stereocenters. The van der Waals surface area contributed by atoms with Crippen molar-refractivity contribution >= 4 is 5.91 Å². The van der Waals surface area contributed by atoms with E-state index in [1.165, 1.54) is 0 Å². The lowest BCUT2D eigenvalue weighted by molar-refractivity contribution is -0.127. The maximum absolute atomic E-state index is 11.4. The Kier molecular flexibility index (Phi) is 3.71. The van der Waals surface area contributed by atoms with E-state index in [4.69, 9.17) is 0 Å². The summed E-state index contributed by atoms with van der Waals surface area (Å²) < 4.78 is 0. The average Bonchev–Trinajstić information content (AvgIpc) is 1.82. The predicted molar refractivity (Wildman–Crippen MR) is 56.2 cm³/mol. The van der Waals surface area contributed by atoms with Crippen molar-refractivity contribution in [1.29, 1.82) is 0 Å². The molecule has 0 atom stereocenters. The summed E-state index contributed by atoms with van der Waals surface area (Å²) in [6.07, 6.45) is 3.71. The van der Waals surface area contributed by atoms with E-state index in [9.17, 15) is 4.79 Å². The predicted octanol–water partition coefficient (Wildman–Crippen LogP) is 2.71. The van der Waals surface area contributed by atoms with Gasteiger partial charge in [0, 0.05) is 11.6 Å². The van der Waals surface area contributed by atoms with Gasteiger partial charge in [0.1, 0.15) is 0 Å². The number of hydrogen-bond acceptors (Lipinski definition) is 1. The largest absolute Gasteiger partial charge is 0.333 e. The van der Waals surface area contributed by atoms with Crippen molar-refractivity contribution in [3.05, 3.63) is 12.3 Å². The zero-order chi connectivity index (χ0) is 10.7. The number of carbonyl (C=O) groups excluding carboxylic acids is 1. The van der Waals surface area contributed by atoms with Crippen LogP contribution in [-0.4, -0.2) is 5.91 Å². The topological polar surface area (TPSA) is 29.1 Å². The number of nitrogens with one attached hydrogen (secondary N) is 1. The van der Waals surface area contributed by atoms with Crippen LogP contribution in [0.15, 0.2) is 12.3 Å². The van der Waals surface area contributed by atoms with Crippen LogP contribution in [-0.2, 0) is 4.79 Å². The molecule has 2 heteroatoms. The van der Waals surface area contributed by atoms with Gasteiger partial charge >= 0.3 is 0 Å². The molecule has 0 aliphatic carbocycles. The lowest BCUT2D eigenvalue weighted by Gasteiger charge is -2.17. The summed E-state index contributed by atoms with van der Waals surface area (Å²) in [5, 5.41) is 2.76. The third-order valence-corrected chi connectivity index (χ3v) is 1.48. The number of allylic oxidation sites excluding steroid dienone is 1. The minimum Gasteiger partial charge on any atom is -0.333 e. The highest BCUT2D eigenvalue weighted by Gasteiger charge is 2.19. The Morgan fingerprint density at radius 1 is 1.08 bits per heavy atom. The molecule has 0 rings (SSSR count). The fourth-order valence-electron chi connectivity index (χ4n) is 0.584. The minimum absolute atomic E-state index is 0.0491. The summed E-state index contributed by atoms with van der Waals surface area (Å²) in [6, 6.07) is 0. The van der Waals surface area contributed by atoms with Gasteiger partial charge in [-0.25, -0.2) is 0 Å². The fourth-order valence-corrected chi connectivity index (χ4v) is 0.584. The molecule has 0 bridgehead atoms. The van der Waals surface area contributed by atoms with Crippen LogP contribution in [0.2, 0.25) is 0 Å². The highest BCUT2D eigenvalue weighted by atomic mass is 16.2. The first kappa shape index (κ1) is 12.2. The van der Waals surface area contributed by atoms with Gasteiger partial charge in [-0.2, -0.15) is 0 Å². The van der Waals surface area contributed by atoms with E-state index in [-0.39, 0.29) is 16.7 Å². The molecule has 13 heavy (non-hydrogen) atoms. The maximum atomic E-state index is 11.4. The van der Waals surface area contributed by atoms with Crippen LogP contribution in [0.5, 0.6) is 0 Å². The average molecular weight is 183 g/mol. The second-order valence-electron chi connectivity index (χ2n) is 5.42. The molecule has 0 spiro atoms. The van der Waals surface area contributed by atoms with Gasteiger partial charge in [0.05, 0.1) is 0 Å². The first-order valence-electron chi connectivity index (χ1n) is 4.61. The Hall–Kier alpha value is -0.790. The third kappa shape index (κ3) is 6.38. The second kappa shape index (κ2) is 3.95. The van der Waals surface area contributed by atoms with Crippen molar-refractivity contribution < 1.29 is 4.79 Å². The van der Waals surface area contributed by atoms with Gasteiger partial charge in [0.25, 0.3) is 0 Å². The van der Waals surface area contributed by atoms with Gasteiger partial charge in [-0.3, -0.25) is 4.79 Å². The van der Waals surface area contributed by atoms with Crippen molar-refractivity contribution in [2.24, 2.45) is 10.8 Å². The summed E-state index contributed by atoms with van der Waals surface area (Å²) in [4.78, 5) is 11.4. The van der Waals surface area contributed by atoms with E-state index < -0.39 is 0 Å². The first-order chi connectivity index (χ1) is 5.63. The fraction of sp³-hybridized carbons (Fsp3) is 0.727. The van der Waals surface area contributed by atoms with Crippen LogP contribution in [0.25, 0.3) is 0 Å². The molecule has 1 amide bonds. The normalized spacial score (nSPS) is 13.4. The van der Waals surface area contributed by atoms with Gasteiger partial charge in [0.15, 0.2) is 0 Å². The Morgan fingerprint density at radius 2 is 1.54 bits per heavy atom. The molecule has 0 aromatic heterocycles. The summed E-state index contributed by atoms with van der Waals surface area (Å²) in [6.45, 7) is 12.0. The molecule has 0 heterocycles. The molecular weight excluding hydrogens is 162 g/mol. The van der Waals surface area contributed by atoms with E-state index in [0.29, 0.717) is 0 Å². The molecule has 76 valence electrons. The number of amides is 1. The van der Waals surface area contributed by atoms with Crippen LogP contribution in [0, 0.1) is 10.8 Å². The molecule has 2 nitrogen and oxygen atoms in total. The summed E-state index contributed by atoms with van der Waals surface area (Å²) in [5.41, 5.74) is -0.201. The molecule has 0 aromatic carbocycles. The SMILES string of the molecule is CC(C)(C)/C=C/NC(=O)C(C)(C)C. The van der Waals surface area contributed by atoms with Gasteiger partial charge in [-0.05, 0) is 5.41 Å². The summed E-state index contributed by atoms with van der Waals surface area (Å²) >= 11 is 0. The van der Waals surface area contributed by atoms with Crippen LogP contribution < -0.4 is 5.32 Å². The molecule has 0 saturated carbocycles. The van der Waals surface area contributed by atoms with Gasteiger partial charge < -0.3 is 5.32 Å². The molecule has 0 fully saturated rings. The van der Waals surface area contributed by atoms with Crippen molar-refractivity contribution in [2.75, 3.05) is 0 Å². The number of carbonyl (C=O) groups is 1. The molecular formula is C11H21NO. The monoisotopic (exact) mass is 183 g/mol. The van der Waals surface area contributed by atoms with E-state index in [1.54, 1.807) is 6.20 Å². The lowest BCUT2D eigenvalue weighted by Crippen LogP contribution is -2.31. The Labute approximate surface area is 81.4 Å². The Bertz CT molecular complexity index is 203. The maximum Gasteiger partial charge on any atom is 0.229 e. The van der Waals surface area contributed by atoms with Gasteiger partial charge in [0.2, 0.25) is 5.91 Å². The molecule has 0 aliphatic rings. The van der Waals surface area contributed by atoms with E-state index >= 15 is 0 Å². The first-order valence-corrected chi connectivity index (χ1v) is 4.61. The standard InChI is InChI=1S/C11H21NO/c1-10(2,3)7-8-12-9(13)11(4,5)6/h7-8H,1-6H3,(H,12,13)/b8-7+. The molecule has 0 radical (unpaired) electrons. The van der Waals surface area contributed by atoms with E-state index in [0.717, 1.165) is 0 Å².